The van der Waals surface area contributed by atoms with Crippen molar-refractivity contribution in [2.75, 3.05) is 24.0 Å². The van der Waals surface area contributed by atoms with Crippen LogP contribution in [0, 0.1) is 0 Å². The van der Waals surface area contributed by atoms with Crippen molar-refractivity contribution in [2.45, 2.75) is 45.2 Å². The number of hydrogen-bond donors (Lipinski definition) is 1. The molecule has 20 heavy (non-hydrogen) atoms. The number of rotatable bonds is 8. The summed E-state index contributed by atoms with van der Waals surface area (Å²) in [7, 11) is 2.17. The second-order valence-corrected chi connectivity index (χ2v) is 7.23. The zero-order valence-electron chi connectivity index (χ0n) is 13.0. The van der Waals surface area contributed by atoms with Crippen molar-refractivity contribution in [3.05, 3.63) is 28.2 Å². The summed E-state index contributed by atoms with van der Waals surface area (Å²) >= 11 is 5.60. The van der Waals surface area contributed by atoms with Gasteiger partial charge >= 0.3 is 0 Å². The molecule has 1 aromatic carbocycles. The van der Waals surface area contributed by atoms with Gasteiger partial charge in [-0.25, -0.2) is 0 Å². The molecule has 0 heterocycles. The van der Waals surface area contributed by atoms with Crippen LogP contribution in [-0.2, 0) is 6.42 Å². The lowest BCUT2D eigenvalue weighted by molar-refractivity contribution is 0.644. The van der Waals surface area contributed by atoms with Gasteiger partial charge in [0.05, 0.1) is 0 Å². The van der Waals surface area contributed by atoms with Crippen molar-refractivity contribution in [1.82, 2.24) is 0 Å². The van der Waals surface area contributed by atoms with Gasteiger partial charge < -0.3 is 10.6 Å². The average molecular weight is 359 g/mol. The molecule has 2 atom stereocenters. The summed E-state index contributed by atoms with van der Waals surface area (Å²) in [5.74, 6) is 1.20. The molecular formula is C16H27BrN2S. The van der Waals surface area contributed by atoms with Crippen LogP contribution in [0.25, 0.3) is 0 Å². The highest BCUT2D eigenvalue weighted by Gasteiger charge is 2.12. The molecule has 2 unspecified atom stereocenters. The first kappa shape index (κ1) is 17.9. The first-order valence-corrected chi connectivity index (χ1v) is 9.44. The van der Waals surface area contributed by atoms with E-state index in [2.05, 4.69) is 66.2 Å². The van der Waals surface area contributed by atoms with Crippen LogP contribution in [-0.4, -0.2) is 31.1 Å². The number of benzene rings is 1. The van der Waals surface area contributed by atoms with Gasteiger partial charge in [0.15, 0.2) is 0 Å². The third-order valence-electron chi connectivity index (χ3n) is 3.85. The Morgan fingerprint density at radius 3 is 2.65 bits per heavy atom. The van der Waals surface area contributed by atoms with Gasteiger partial charge in [0.1, 0.15) is 0 Å². The summed E-state index contributed by atoms with van der Waals surface area (Å²) in [5, 5.41) is 0. The Balaban J connectivity index is 2.75. The normalized spacial score (nSPS) is 14.1. The zero-order chi connectivity index (χ0) is 15.1. The highest BCUT2D eigenvalue weighted by atomic mass is 79.9. The summed E-state index contributed by atoms with van der Waals surface area (Å²) in [6.45, 7) is 4.42. The smallest absolute Gasteiger partial charge is 0.0377 e. The number of anilines is 1. The summed E-state index contributed by atoms with van der Waals surface area (Å²) in [6.07, 6.45) is 5.32. The maximum absolute atomic E-state index is 6.04. The van der Waals surface area contributed by atoms with E-state index in [1.54, 1.807) is 0 Å². The van der Waals surface area contributed by atoms with E-state index in [1.807, 2.05) is 11.8 Å². The Morgan fingerprint density at radius 2 is 2.10 bits per heavy atom. The molecule has 0 saturated heterocycles. The average Bonchev–Trinajstić information content (AvgIpc) is 2.45. The first-order valence-electron chi connectivity index (χ1n) is 7.25. The molecule has 2 N–H and O–H groups in total. The molecule has 0 radical (unpaired) electrons. The van der Waals surface area contributed by atoms with E-state index < -0.39 is 0 Å². The van der Waals surface area contributed by atoms with E-state index >= 15 is 0 Å². The van der Waals surface area contributed by atoms with Crippen molar-refractivity contribution in [3.8, 4) is 0 Å². The fourth-order valence-electron chi connectivity index (χ4n) is 2.08. The predicted molar refractivity (Wildman–Crippen MR) is 97.0 cm³/mol. The number of hydrogen-bond acceptors (Lipinski definition) is 3. The van der Waals surface area contributed by atoms with Gasteiger partial charge in [-0.15, -0.1) is 0 Å². The molecule has 4 heteroatoms. The molecule has 1 rings (SSSR count). The predicted octanol–water partition coefficient (Wildman–Crippen LogP) is 4.31. The summed E-state index contributed by atoms with van der Waals surface area (Å²) in [6, 6.07) is 7.42. The van der Waals surface area contributed by atoms with Crippen molar-refractivity contribution < 1.29 is 0 Å². The fraction of sp³-hybridized carbons (Fsp3) is 0.625. The van der Waals surface area contributed by atoms with Gasteiger partial charge in [-0.05, 0) is 55.9 Å². The van der Waals surface area contributed by atoms with Gasteiger partial charge in [-0.2, -0.15) is 11.8 Å². The molecule has 1 aromatic rings. The molecule has 0 amide bonds. The van der Waals surface area contributed by atoms with Gasteiger partial charge in [0.2, 0.25) is 0 Å². The minimum Gasteiger partial charge on any atom is -0.372 e. The van der Waals surface area contributed by atoms with Crippen LogP contribution < -0.4 is 10.6 Å². The summed E-state index contributed by atoms with van der Waals surface area (Å²) < 4.78 is 1.17. The lowest BCUT2D eigenvalue weighted by Crippen LogP contribution is -2.29. The number of halogens is 1. The van der Waals surface area contributed by atoms with E-state index in [-0.39, 0.29) is 6.04 Å². The van der Waals surface area contributed by atoms with E-state index in [0.717, 1.165) is 12.8 Å². The largest absolute Gasteiger partial charge is 0.372 e. The van der Waals surface area contributed by atoms with Gasteiger partial charge in [0, 0.05) is 29.3 Å². The first-order chi connectivity index (χ1) is 9.49. The topological polar surface area (TPSA) is 29.3 Å². The molecule has 0 aromatic heterocycles. The van der Waals surface area contributed by atoms with Gasteiger partial charge in [-0.1, -0.05) is 28.9 Å². The van der Waals surface area contributed by atoms with Crippen LogP contribution in [0.5, 0.6) is 0 Å². The lowest BCUT2D eigenvalue weighted by atomic mass is 10.0. The molecule has 0 bridgehead atoms. The SMILES string of the molecule is CCC(N)Cc1ccc(N(C)C(C)CCSC)cc1Br. The Hall–Kier alpha value is -0.190. The number of nitrogens with two attached hydrogens (primary N) is 1. The molecule has 0 aliphatic rings. The summed E-state index contributed by atoms with van der Waals surface area (Å²) in [4.78, 5) is 2.35. The third kappa shape index (κ3) is 5.30. The fourth-order valence-corrected chi connectivity index (χ4v) is 3.19. The number of nitrogens with zero attached hydrogens (tertiary/aromatic N) is 1. The lowest BCUT2D eigenvalue weighted by Gasteiger charge is -2.27. The van der Waals surface area contributed by atoms with E-state index in [0.29, 0.717) is 6.04 Å². The van der Waals surface area contributed by atoms with Crippen molar-refractivity contribution in [3.63, 3.8) is 0 Å². The quantitative estimate of drug-likeness (QED) is 0.750. The van der Waals surface area contributed by atoms with Gasteiger partial charge in [0.25, 0.3) is 0 Å². The summed E-state index contributed by atoms with van der Waals surface area (Å²) in [5.41, 5.74) is 8.60. The maximum Gasteiger partial charge on any atom is 0.0377 e. The minimum atomic E-state index is 0.246. The van der Waals surface area contributed by atoms with E-state index in [9.17, 15) is 0 Å². The minimum absolute atomic E-state index is 0.246. The van der Waals surface area contributed by atoms with Crippen LogP contribution in [0.4, 0.5) is 5.69 Å². The Labute approximate surface area is 136 Å². The van der Waals surface area contributed by atoms with E-state index in [4.69, 9.17) is 5.73 Å². The highest BCUT2D eigenvalue weighted by Crippen LogP contribution is 2.26. The van der Waals surface area contributed by atoms with Crippen LogP contribution in [0.15, 0.2) is 22.7 Å². The van der Waals surface area contributed by atoms with Crippen molar-refractivity contribution in [1.29, 1.82) is 0 Å². The second kappa shape index (κ2) is 8.96. The van der Waals surface area contributed by atoms with Crippen LogP contribution >= 0.6 is 27.7 Å². The van der Waals surface area contributed by atoms with Gasteiger partial charge in [-0.3, -0.25) is 0 Å². The molecule has 0 fully saturated rings. The Morgan fingerprint density at radius 1 is 1.40 bits per heavy atom. The maximum atomic E-state index is 6.04. The molecule has 0 aliphatic heterocycles. The molecule has 2 nitrogen and oxygen atoms in total. The van der Waals surface area contributed by atoms with Crippen LogP contribution in [0.1, 0.15) is 32.3 Å². The molecule has 0 aliphatic carbocycles. The van der Waals surface area contributed by atoms with E-state index in [1.165, 1.54) is 27.9 Å². The third-order valence-corrected chi connectivity index (χ3v) is 5.23. The molecule has 0 saturated carbocycles. The Bertz CT molecular complexity index is 411. The van der Waals surface area contributed by atoms with Crippen LogP contribution in [0.3, 0.4) is 0 Å². The Kier molecular flexibility index (Phi) is 8.00. The van der Waals surface area contributed by atoms with Crippen LogP contribution in [0.2, 0.25) is 0 Å². The standard InChI is InChI=1S/C16H27BrN2S/c1-5-14(18)10-13-6-7-15(11-16(13)17)19(3)12(2)8-9-20-4/h6-7,11-12,14H,5,8-10,18H2,1-4H3. The molecule has 0 spiro atoms. The number of thioether (sulfide) groups is 1. The molecule has 114 valence electrons. The highest BCUT2D eigenvalue weighted by molar-refractivity contribution is 9.10. The monoisotopic (exact) mass is 358 g/mol. The molecular weight excluding hydrogens is 332 g/mol. The zero-order valence-corrected chi connectivity index (χ0v) is 15.4. The van der Waals surface area contributed by atoms with Crippen molar-refractivity contribution >= 4 is 33.4 Å². The van der Waals surface area contributed by atoms with Crippen molar-refractivity contribution in [2.24, 2.45) is 5.73 Å². The second-order valence-electron chi connectivity index (χ2n) is 5.39.